The van der Waals surface area contributed by atoms with Crippen molar-refractivity contribution in [3.8, 4) is 0 Å². The lowest BCUT2D eigenvalue weighted by Crippen LogP contribution is -2.37. The van der Waals surface area contributed by atoms with Gasteiger partial charge < -0.3 is 10.1 Å². The van der Waals surface area contributed by atoms with Crippen LogP contribution in [0.25, 0.3) is 0 Å². The number of nitrogens with one attached hydrogen (secondary N) is 1. The Morgan fingerprint density at radius 2 is 1.94 bits per heavy atom. The number of allylic oxidation sites excluding steroid dienone is 3. The molecule has 0 saturated heterocycles. The van der Waals surface area contributed by atoms with E-state index in [0.717, 1.165) is 6.42 Å². The zero-order chi connectivity index (χ0) is 14.3. The molecule has 0 aromatic carbocycles. The summed E-state index contributed by atoms with van der Waals surface area (Å²) in [6, 6.07) is -0.263. The predicted molar refractivity (Wildman–Crippen MR) is 76.1 cm³/mol. The maximum Gasteiger partial charge on any atom is 0.328 e. The van der Waals surface area contributed by atoms with Crippen molar-refractivity contribution in [2.24, 2.45) is 11.3 Å². The Morgan fingerprint density at radius 3 is 2.28 bits per heavy atom. The van der Waals surface area contributed by atoms with Crippen molar-refractivity contribution in [3.63, 3.8) is 0 Å². The van der Waals surface area contributed by atoms with Gasteiger partial charge in [0.2, 0.25) is 0 Å². The second-order valence-corrected chi connectivity index (χ2v) is 5.91. The fraction of sp³-hybridized carbons (Fsp3) is 0.667. The SMILES string of the molecule is C=C/C=C(\OC(=O)[C@H](CC(C)C)NC)C(C)(C)C. The van der Waals surface area contributed by atoms with Crippen molar-refractivity contribution < 1.29 is 9.53 Å². The average Bonchev–Trinajstić information content (AvgIpc) is 2.23. The van der Waals surface area contributed by atoms with Crippen LogP contribution in [0, 0.1) is 11.3 Å². The third-order valence-corrected chi connectivity index (χ3v) is 2.56. The maximum absolute atomic E-state index is 12.1. The van der Waals surface area contributed by atoms with Crippen molar-refractivity contribution in [2.45, 2.75) is 47.1 Å². The maximum atomic E-state index is 12.1. The number of carbonyl (C=O) groups is 1. The number of hydrogen-bond donors (Lipinski definition) is 1. The van der Waals surface area contributed by atoms with Crippen LogP contribution < -0.4 is 5.32 Å². The van der Waals surface area contributed by atoms with Crippen LogP contribution in [0.5, 0.6) is 0 Å². The van der Waals surface area contributed by atoms with Gasteiger partial charge in [-0.15, -0.1) is 0 Å². The molecule has 0 aliphatic rings. The molecule has 0 aliphatic heterocycles. The van der Waals surface area contributed by atoms with Gasteiger partial charge in [-0.3, -0.25) is 0 Å². The van der Waals surface area contributed by atoms with Crippen molar-refractivity contribution in [1.29, 1.82) is 0 Å². The highest BCUT2D eigenvalue weighted by Gasteiger charge is 2.25. The average molecular weight is 253 g/mol. The molecule has 0 saturated carbocycles. The van der Waals surface area contributed by atoms with E-state index in [1.807, 2.05) is 20.8 Å². The number of esters is 1. The molecule has 1 N–H and O–H groups in total. The molecule has 0 heterocycles. The zero-order valence-electron chi connectivity index (χ0n) is 12.5. The molecule has 1 atom stereocenters. The summed E-state index contributed by atoms with van der Waals surface area (Å²) < 4.78 is 5.50. The summed E-state index contributed by atoms with van der Waals surface area (Å²) in [7, 11) is 1.78. The molecule has 0 unspecified atom stereocenters. The molecule has 0 rings (SSSR count). The highest BCUT2D eigenvalue weighted by molar-refractivity contribution is 5.76. The molecule has 3 nitrogen and oxygen atoms in total. The summed E-state index contributed by atoms with van der Waals surface area (Å²) in [5.41, 5.74) is -0.208. The largest absolute Gasteiger partial charge is 0.429 e. The van der Waals surface area contributed by atoms with E-state index in [0.29, 0.717) is 11.7 Å². The molecule has 0 aromatic rings. The number of rotatable bonds is 6. The van der Waals surface area contributed by atoms with Crippen LogP contribution in [-0.4, -0.2) is 19.1 Å². The summed E-state index contributed by atoms with van der Waals surface area (Å²) >= 11 is 0. The molecule has 104 valence electrons. The molecule has 3 heteroatoms. The van der Waals surface area contributed by atoms with Gasteiger partial charge in [-0.05, 0) is 25.5 Å². The Kier molecular flexibility index (Phi) is 6.92. The van der Waals surface area contributed by atoms with Gasteiger partial charge in [0.15, 0.2) is 0 Å². The van der Waals surface area contributed by atoms with Crippen molar-refractivity contribution in [3.05, 3.63) is 24.5 Å². The van der Waals surface area contributed by atoms with Crippen molar-refractivity contribution >= 4 is 5.97 Å². The van der Waals surface area contributed by atoms with Crippen molar-refractivity contribution in [1.82, 2.24) is 5.32 Å². The monoisotopic (exact) mass is 253 g/mol. The Bertz CT molecular complexity index is 311. The van der Waals surface area contributed by atoms with Gasteiger partial charge in [0.05, 0.1) is 0 Å². The van der Waals surface area contributed by atoms with Gasteiger partial charge in [0.1, 0.15) is 11.8 Å². The van der Waals surface area contributed by atoms with Crippen LogP contribution in [0.1, 0.15) is 41.0 Å². The van der Waals surface area contributed by atoms with Gasteiger partial charge in [0, 0.05) is 5.41 Å². The first-order valence-electron chi connectivity index (χ1n) is 6.44. The first-order chi connectivity index (χ1) is 8.22. The Hall–Kier alpha value is -1.09. The number of hydrogen-bond acceptors (Lipinski definition) is 3. The van der Waals surface area contributed by atoms with Gasteiger partial charge in [-0.2, -0.15) is 0 Å². The van der Waals surface area contributed by atoms with Crippen LogP contribution in [0.3, 0.4) is 0 Å². The van der Waals surface area contributed by atoms with Crippen molar-refractivity contribution in [2.75, 3.05) is 7.05 Å². The Balaban J connectivity index is 4.79. The van der Waals surface area contributed by atoms with E-state index < -0.39 is 0 Å². The molecule has 0 spiro atoms. The molecular weight excluding hydrogens is 226 g/mol. The summed E-state index contributed by atoms with van der Waals surface area (Å²) in [5, 5.41) is 3.00. The smallest absolute Gasteiger partial charge is 0.328 e. The summed E-state index contributed by atoms with van der Waals surface area (Å²) in [6.07, 6.45) is 4.16. The minimum atomic E-state index is -0.263. The van der Waals surface area contributed by atoms with E-state index in [-0.39, 0.29) is 17.4 Å². The second kappa shape index (κ2) is 7.37. The van der Waals surface area contributed by atoms with E-state index in [4.69, 9.17) is 4.74 Å². The van der Waals surface area contributed by atoms with Gasteiger partial charge in [-0.25, -0.2) is 4.79 Å². The molecular formula is C15H27NO2. The number of carbonyl (C=O) groups excluding carboxylic acids is 1. The van der Waals surface area contributed by atoms with E-state index >= 15 is 0 Å². The van der Waals surface area contributed by atoms with E-state index in [2.05, 4.69) is 25.7 Å². The molecule has 0 fully saturated rings. The predicted octanol–water partition coefficient (Wildman–Crippen LogP) is 3.28. The lowest BCUT2D eigenvalue weighted by Gasteiger charge is -2.24. The van der Waals surface area contributed by atoms with E-state index in [9.17, 15) is 4.79 Å². The molecule has 0 aromatic heterocycles. The highest BCUT2D eigenvalue weighted by atomic mass is 16.5. The second-order valence-electron chi connectivity index (χ2n) is 5.91. The first kappa shape index (κ1) is 16.9. The Morgan fingerprint density at radius 1 is 1.39 bits per heavy atom. The first-order valence-corrected chi connectivity index (χ1v) is 6.44. The summed E-state index contributed by atoms with van der Waals surface area (Å²) in [6.45, 7) is 13.8. The zero-order valence-corrected chi connectivity index (χ0v) is 12.5. The van der Waals surface area contributed by atoms with Crippen LogP contribution in [0.4, 0.5) is 0 Å². The van der Waals surface area contributed by atoms with Crippen LogP contribution >= 0.6 is 0 Å². The van der Waals surface area contributed by atoms with Crippen LogP contribution in [0.2, 0.25) is 0 Å². The molecule has 18 heavy (non-hydrogen) atoms. The van der Waals surface area contributed by atoms with Gasteiger partial charge in [-0.1, -0.05) is 47.3 Å². The molecule has 0 aliphatic carbocycles. The standard InChI is InChI=1S/C15H27NO2/c1-8-9-13(15(4,5)6)18-14(17)12(16-7)10-11(2)3/h8-9,11-12,16H,1,10H2,2-7H3/b13-9-/t12-/m0/s1. The van der Waals surface area contributed by atoms with Gasteiger partial charge in [0.25, 0.3) is 0 Å². The lowest BCUT2D eigenvalue weighted by molar-refractivity contribution is -0.143. The highest BCUT2D eigenvalue weighted by Crippen LogP contribution is 2.27. The fourth-order valence-electron chi connectivity index (χ4n) is 1.53. The Labute approximate surface area is 111 Å². The quantitative estimate of drug-likeness (QED) is 0.448. The van der Waals surface area contributed by atoms with E-state index in [1.54, 1.807) is 19.2 Å². The third kappa shape index (κ3) is 6.01. The minimum absolute atomic E-state index is 0.208. The van der Waals surface area contributed by atoms with E-state index in [1.165, 1.54) is 0 Å². The third-order valence-electron chi connectivity index (χ3n) is 2.56. The molecule has 0 radical (unpaired) electrons. The number of likely N-dealkylation sites (N-methyl/N-ethyl adjacent to an activating group) is 1. The molecule has 0 bridgehead atoms. The lowest BCUT2D eigenvalue weighted by atomic mass is 9.93. The molecule has 0 amide bonds. The van der Waals surface area contributed by atoms with Crippen LogP contribution in [-0.2, 0) is 9.53 Å². The summed E-state index contributed by atoms with van der Waals surface area (Å²) in [5.74, 6) is 0.859. The normalized spacial score (nSPS) is 14.5. The minimum Gasteiger partial charge on any atom is -0.429 e. The van der Waals surface area contributed by atoms with Gasteiger partial charge >= 0.3 is 5.97 Å². The summed E-state index contributed by atoms with van der Waals surface area (Å²) in [4.78, 5) is 12.1. The number of ether oxygens (including phenoxy) is 1. The van der Waals surface area contributed by atoms with Crippen LogP contribution in [0.15, 0.2) is 24.5 Å². The fourth-order valence-corrected chi connectivity index (χ4v) is 1.53. The topological polar surface area (TPSA) is 38.3 Å².